The van der Waals surface area contributed by atoms with Crippen LogP contribution in [-0.4, -0.2) is 50.2 Å². The van der Waals surface area contributed by atoms with Crippen LogP contribution >= 0.6 is 0 Å². The Balaban J connectivity index is 2.89. The minimum atomic E-state index is -0.973. The average Bonchev–Trinajstić information content (AvgIpc) is 2.50. The Morgan fingerprint density at radius 1 is 1.39 bits per heavy atom. The van der Waals surface area contributed by atoms with Gasteiger partial charge in [0.05, 0.1) is 12.7 Å². The molecule has 1 N–H and O–H groups in total. The van der Waals surface area contributed by atoms with E-state index in [-0.39, 0.29) is 24.7 Å². The van der Waals surface area contributed by atoms with Gasteiger partial charge in [-0.3, -0.25) is 0 Å². The van der Waals surface area contributed by atoms with Crippen LogP contribution in [0.1, 0.15) is 39.5 Å². The maximum atomic E-state index is 10.8. The third kappa shape index (κ3) is 8.30. The zero-order valence-corrected chi connectivity index (χ0v) is 14.5. The second kappa shape index (κ2) is 11.4. The maximum absolute atomic E-state index is 10.8. The Morgan fingerprint density at radius 2 is 2.17 bits per heavy atom. The predicted molar refractivity (Wildman–Crippen MR) is 89.5 cm³/mol. The molecular formula is C18H30O5. The normalized spacial score (nSPS) is 28.0. The minimum Gasteiger partial charge on any atom is -0.480 e. The molecule has 0 amide bonds. The van der Waals surface area contributed by atoms with E-state index in [9.17, 15) is 4.79 Å². The zero-order valence-electron chi connectivity index (χ0n) is 14.5. The van der Waals surface area contributed by atoms with Crippen molar-refractivity contribution in [2.45, 2.75) is 51.7 Å². The first-order valence-corrected chi connectivity index (χ1v) is 8.32. The molecule has 5 heteroatoms. The number of methoxy groups -OCH3 is 1. The van der Waals surface area contributed by atoms with Gasteiger partial charge in [-0.25, -0.2) is 4.79 Å². The molecule has 1 aliphatic heterocycles. The van der Waals surface area contributed by atoms with Gasteiger partial charge in [-0.1, -0.05) is 37.1 Å². The standard InChI is InChI=1S/C18H30O5/c1-14-11-15(2)18(23-13-17(19)20)16(21-3)9-7-5-4-6-8-10-22-12-14/h7,9,11,15-16,18H,4-6,8,10,12-13H2,1-3H3,(H,19,20). The van der Waals surface area contributed by atoms with Gasteiger partial charge in [0.25, 0.3) is 0 Å². The first-order valence-electron chi connectivity index (χ1n) is 8.32. The van der Waals surface area contributed by atoms with Crippen LogP contribution in [0.25, 0.3) is 0 Å². The maximum Gasteiger partial charge on any atom is 0.329 e. The summed E-state index contributed by atoms with van der Waals surface area (Å²) in [4.78, 5) is 10.8. The monoisotopic (exact) mass is 326 g/mol. The van der Waals surface area contributed by atoms with E-state index < -0.39 is 5.97 Å². The summed E-state index contributed by atoms with van der Waals surface area (Å²) in [5.41, 5.74) is 1.12. The Morgan fingerprint density at radius 3 is 2.87 bits per heavy atom. The highest BCUT2D eigenvalue weighted by atomic mass is 16.5. The summed E-state index contributed by atoms with van der Waals surface area (Å²) in [7, 11) is 1.63. The summed E-state index contributed by atoms with van der Waals surface area (Å²) < 4.78 is 16.8. The SMILES string of the molecule is COC1C=CCCCCCOCC(C)=CC(C)C1OCC(=O)O. The quantitative estimate of drug-likeness (QED) is 0.804. The van der Waals surface area contributed by atoms with Gasteiger partial charge in [-0.15, -0.1) is 0 Å². The molecule has 3 atom stereocenters. The largest absolute Gasteiger partial charge is 0.480 e. The van der Waals surface area contributed by atoms with Crippen molar-refractivity contribution in [3.63, 3.8) is 0 Å². The number of hydrogen-bond donors (Lipinski definition) is 1. The van der Waals surface area contributed by atoms with Crippen LogP contribution in [0.15, 0.2) is 23.8 Å². The molecule has 0 bridgehead atoms. The Bertz CT molecular complexity index is 402. The summed E-state index contributed by atoms with van der Waals surface area (Å²) >= 11 is 0. The molecule has 0 aromatic rings. The number of ether oxygens (including phenoxy) is 3. The molecule has 0 aromatic carbocycles. The number of carbonyl (C=O) groups is 1. The number of aliphatic carboxylic acids is 1. The molecule has 1 heterocycles. The number of carboxylic acids is 1. The third-order valence-corrected chi connectivity index (χ3v) is 3.88. The van der Waals surface area contributed by atoms with E-state index in [4.69, 9.17) is 19.3 Å². The highest BCUT2D eigenvalue weighted by Crippen LogP contribution is 2.19. The number of hydrogen-bond acceptors (Lipinski definition) is 4. The van der Waals surface area contributed by atoms with Crippen molar-refractivity contribution in [2.24, 2.45) is 5.92 Å². The fraction of sp³-hybridized carbons (Fsp3) is 0.722. The molecule has 0 spiro atoms. The Kier molecular flexibility index (Phi) is 9.83. The van der Waals surface area contributed by atoms with Crippen molar-refractivity contribution in [1.82, 2.24) is 0 Å². The first-order chi connectivity index (χ1) is 11.0. The van der Waals surface area contributed by atoms with E-state index in [1.807, 2.05) is 19.9 Å². The second-order valence-electron chi connectivity index (χ2n) is 6.07. The van der Waals surface area contributed by atoms with Crippen molar-refractivity contribution < 1.29 is 24.1 Å². The van der Waals surface area contributed by atoms with E-state index >= 15 is 0 Å². The zero-order chi connectivity index (χ0) is 17.1. The molecule has 0 saturated carbocycles. The first kappa shape index (κ1) is 19.9. The van der Waals surface area contributed by atoms with Gasteiger partial charge >= 0.3 is 5.97 Å². The highest BCUT2D eigenvalue weighted by Gasteiger charge is 2.26. The second-order valence-corrected chi connectivity index (χ2v) is 6.07. The van der Waals surface area contributed by atoms with E-state index in [0.717, 1.165) is 37.9 Å². The number of carboxylic acid groups (broad SMARTS) is 1. The lowest BCUT2D eigenvalue weighted by atomic mass is 9.96. The van der Waals surface area contributed by atoms with Crippen LogP contribution in [0.3, 0.4) is 0 Å². The molecule has 132 valence electrons. The summed E-state index contributed by atoms with van der Waals surface area (Å²) in [6, 6.07) is 0. The summed E-state index contributed by atoms with van der Waals surface area (Å²) in [6.45, 7) is 5.09. The molecule has 0 aliphatic carbocycles. The average molecular weight is 326 g/mol. The molecule has 3 unspecified atom stereocenters. The lowest BCUT2D eigenvalue weighted by Gasteiger charge is -2.28. The van der Waals surface area contributed by atoms with Crippen LogP contribution in [0.2, 0.25) is 0 Å². The molecule has 5 nitrogen and oxygen atoms in total. The summed E-state index contributed by atoms with van der Waals surface area (Å²) in [5, 5.41) is 8.90. The van der Waals surface area contributed by atoms with Crippen LogP contribution < -0.4 is 0 Å². The summed E-state index contributed by atoms with van der Waals surface area (Å²) in [6.07, 6.45) is 9.88. The molecule has 23 heavy (non-hydrogen) atoms. The van der Waals surface area contributed by atoms with Crippen molar-refractivity contribution in [1.29, 1.82) is 0 Å². The molecule has 0 radical (unpaired) electrons. The smallest absolute Gasteiger partial charge is 0.329 e. The van der Waals surface area contributed by atoms with Crippen molar-refractivity contribution >= 4 is 5.97 Å². The Labute approximate surface area is 139 Å². The van der Waals surface area contributed by atoms with Crippen LogP contribution in [0.4, 0.5) is 0 Å². The predicted octanol–water partition coefficient (Wildman–Crippen LogP) is 3.20. The lowest BCUT2D eigenvalue weighted by Crippen LogP contribution is -2.36. The summed E-state index contributed by atoms with van der Waals surface area (Å²) in [5.74, 6) is -0.949. The molecule has 1 aliphatic rings. The van der Waals surface area contributed by atoms with Crippen molar-refractivity contribution in [2.75, 3.05) is 26.9 Å². The molecule has 0 saturated heterocycles. The van der Waals surface area contributed by atoms with Gasteiger partial charge in [0, 0.05) is 19.6 Å². The van der Waals surface area contributed by atoms with Gasteiger partial charge in [0.1, 0.15) is 12.7 Å². The fourth-order valence-corrected chi connectivity index (χ4v) is 2.73. The topological polar surface area (TPSA) is 65.0 Å². The molecule has 0 fully saturated rings. The van der Waals surface area contributed by atoms with E-state index in [0.29, 0.717) is 6.61 Å². The van der Waals surface area contributed by atoms with Gasteiger partial charge in [-0.2, -0.15) is 0 Å². The van der Waals surface area contributed by atoms with Gasteiger partial charge < -0.3 is 19.3 Å². The van der Waals surface area contributed by atoms with Crippen LogP contribution in [-0.2, 0) is 19.0 Å². The number of rotatable bonds is 4. The van der Waals surface area contributed by atoms with E-state index in [1.54, 1.807) is 7.11 Å². The van der Waals surface area contributed by atoms with Crippen LogP contribution in [0.5, 0.6) is 0 Å². The van der Waals surface area contributed by atoms with Crippen LogP contribution in [0, 0.1) is 5.92 Å². The third-order valence-electron chi connectivity index (χ3n) is 3.88. The van der Waals surface area contributed by atoms with Crippen molar-refractivity contribution in [3.05, 3.63) is 23.8 Å². The molecule has 0 aromatic heterocycles. The molecular weight excluding hydrogens is 296 g/mol. The van der Waals surface area contributed by atoms with Gasteiger partial charge in [0.15, 0.2) is 0 Å². The van der Waals surface area contributed by atoms with Crippen molar-refractivity contribution in [3.8, 4) is 0 Å². The van der Waals surface area contributed by atoms with E-state index in [1.165, 1.54) is 0 Å². The lowest BCUT2D eigenvalue weighted by molar-refractivity contribution is -0.148. The number of allylic oxidation sites excluding steroid dienone is 1. The molecule has 1 rings (SSSR count). The highest BCUT2D eigenvalue weighted by molar-refractivity contribution is 5.68. The van der Waals surface area contributed by atoms with Gasteiger partial charge in [-0.05, 0) is 26.2 Å². The van der Waals surface area contributed by atoms with Gasteiger partial charge in [0.2, 0.25) is 0 Å². The fourth-order valence-electron chi connectivity index (χ4n) is 2.73. The Hall–Kier alpha value is -1.17. The minimum absolute atomic E-state index is 0.0236. The van der Waals surface area contributed by atoms with E-state index in [2.05, 4.69) is 12.2 Å².